The topological polar surface area (TPSA) is 24.9 Å². The molecule has 1 heterocycles. The van der Waals surface area contributed by atoms with Crippen molar-refractivity contribution < 1.29 is 0 Å². The van der Waals surface area contributed by atoms with Crippen molar-refractivity contribution >= 4 is 11.3 Å². The maximum absolute atomic E-state index is 4.14. The Morgan fingerprint density at radius 2 is 2.47 bits per heavy atom. The fraction of sp³-hybridized carbons (Fsp3) is 0.750. The normalized spacial score (nSPS) is 17.9. The van der Waals surface area contributed by atoms with Crippen LogP contribution in [0.3, 0.4) is 0 Å². The Morgan fingerprint density at radius 1 is 1.60 bits per heavy atom. The molecule has 0 saturated heterocycles. The predicted octanol–water partition coefficient (Wildman–Crippen LogP) is 2.85. The number of aromatic nitrogens is 1. The Labute approximate surface area is 96.1 Å². The van der Waals surface area contributed by atoms with Crippen molar-refractivity contribution in [2.75, 3.05) is 6.54 Å². The van der Waals surface area contributed by atoms with E-state index in [1.54, 1.807) is 11.3 Å². The van der Waals surface area contributed by atoms with Crippen molar-refractivity contribution in [3.05, 3.63) is 16.6 Å². The molecular formula is C12H20N2S. The minimum atomic E-state index is 0.679. The first-order chi connectivity index (χ1) is 7.38. The smallest absolute Gasteiger partial charge is 0.0794 e. The van der Waals surface area contributed by atoms with Gasteiger partial charge in [0.25, 0.3) is 0 Å². The van der Waals surface area contributed by atoms with E-state index >= 15 is 0 Å². The van der Waals surface area contributed by atoms with Gasteiger partial charge in [0.2, 0.25) is 0 Å². The van der Waals surface area contributed by atoms with Crippen LogP contribution < -0.4 is 5.32 Å². The van der Waals surface area contributed by atoms with Crippen molar-refractivity contribution in [2.24, 2.45) is 5.92 Å². The lowest BCUT2D eigenvalue weighted by Gasteiger charge is -2.17. The number of hydrogen-bond acceptors (Lipinski definition) is 3. The van der Waals surface area contributed by atoms with Crippen LogP contribution in [0.4, 0.5) is 0 Å². The van der Waals surface area contributed by atoms with E-state index in [2.05, 4.69) is 17.2 Å². The highest BCUT2D eigenvalue weighted by molar-refractivity contribution is 7.09. The molecule has 3 heteroatoms. The summed E-state index contributed by atoms with van der Waals surface area (Å²) in [6.45, 7) is 3.38. The van der Waals surface area contributed by atoms with Gasteiger partial charge in [0, 0.05) is 17.1 Å². The zero-order valence-corrected chi connectivity index (χ0v) is 10.2. The second kappa shape index (κ2) is 5.61. The first kappa shape index (κ1) is 11.1. The van der Waals surface area contributed by atoms with E-state index in [9.17, 15) is 0 Å². The van der Waals surface area contributed by atoms with Gasteiger partial charge >= 0.3 is 0 Å². The van der Waals surface area contributed by atoms with Crippen LogP contribution in [0, 0.1) is 5.92 Å². The average Bonchev–Trinajstić information content (AvgIpc) is 2.90. The fourth-order valence-corrected chi connectivity index (χ4v) is 2.61. The van der Waals surface area contributed by atoms with Crippen LogP contribution in [0.25, 0.3) is 0 Å². The lowest BCUT2D eigenvalue weighted by molar-refractivity contribution is 0.457. The van der Waals surface area contributed by atoms with Crippen LogP contribution >= 0.6 is 11.3 Å². The standard InChI is InChI=1S/C12H20N2S/c1-2-5-14-11(6-10-3-4-10)7-12-8-13-9-15-12/h8-11,14H,2-7H2,1H3. The van der Waals surface area contributed by atoms with Gasteiger partial charge in [-0.3, -0.25) is 4.98 Å². The summed E-state index contributed by atoms with van der Waals surface area (Å²) >= 11 is 1.78. The molecule has 1 aliphatic rings. The Morgan fingerprint density at radius 3 is 3.07 bits per heavy atom. The van der Waals surface area contributed by atoms with Crippen molar-refractivity contribution in [2.45, 2.75) is 45.1 Å². The third-order valence-corrected chi connectivity index (χ3v) is 3.73. The molecular weight excluding hydrogens is 204 g/mol. The lowest BCUT2D eigenvalue weighted by Crippen LogP contribution is -2.32. The second-order valence-electron chi connectivity index (χ2n) is 4.50. The van der Waals surface area contributed by atoms with Crippen molar-refractivity contribution in [3.8, 4) is 0 Å². The second-order valence-corrected chi connectivity index (χ2v) is 5.47. The SMILES string of the molecule is CCCNC(Cc1cncs1)CC1CC1. The van der Waals surface area contributed by atoms with Crippen molar-refractivity contribution in [3.63, 3.8) is 0 Å². The molecule has 0 bridgehead atoms. The summed E-state index contributed by atoms with van der Waals surface area (Å²) < 4.78 is 0. The molecule has 1 atom stereocenters. The summed E-state index contributed by atoms with van der Waals surface area (Å²) in [7, 11) is 0. The van der Waals surface area contributed by atoms with Gasteiger partial charge in [0.05, 0.1) is 5.51 Å². The molecule has 0 aromatic carbocycles. The Hall–Kier alpha value is -0.410. The van der Waals surface area contributed by atoms with E-state index in [0.29, 0.717) is 6.04 Å². The maximum atomic E-state index is 4.14. The van der Waals surface area contributed by atoms with Gasteiger partial charge < -0.3 is 5.32 Å². The van der Waals surface area contributed by atoms with E-state index in [-0.39, 0.29) is 0 Å². The first-order valence-electron chi connectivity index (χ1n) is 5.99. The van der Waals surface area contributed by atoms with Crippen LogP contribution in [-0.4, -0.2) is 17.6 Å². The molecule has 1 unspecified atom stereocenters. The van der Waals surface area contributed by atoms with E-state index in [0.717, 1.165) is 12.5 Å². The van der Waals surface area contributed by atoms with Crippen LogP contribution in [0.5, 0.6) is 0 Å². The highest BCUT2D eigenvalue weighted by Gasteiger charge is 2.25. The molecule has 0 aliphatic heterocycles. The number of thiazole rings is 1. The van der Waals surface area contributed by atoms with Crippen molar-refractivity contribution in [1.82, 2.24) is 10.3 Å². The molecule has 1 aromatic rings. The van der Waals surface area contributed by atoms with Crippen molar-refractivity contribution in [1.29, 1.82) is 0 Å². The Kier molecular flexibility index (Phi) is 4.15. The minimum Gasteiger partial charge on any atom is -0.314 e. The van der Waals surface area contributed by atoms with E-state index in [1.165, 1.54) is 37.0 Å². The first-order valence-corrected chi connectivity index (χ1v) is 6.87. The third kappa shape index (κ3) is 3.92. The third-order valence-electron chi connectivity index (χ3n) is 2.93. The fourth-order valence-electron chi connectivity index (χ4n) is 1.93. The summed E-state index contributed by atoms with van der Waals surface area (Å²) in [5, 5.41) is 3.66. The summed E-state index contributed by atoms with van der Waals surface area (Å²) in [4.78, 5) is 5.56. The summed E-state index contributed by atoms with van der Waals surface area (Å²) in [5.74, 6) is 1.01. The van der Waals surface area contributed by atoms with Gasteiger partial charge in [-0.05, 0) is 31.7 Å². The van der Waals surface area contributed by atoms with Gasteiger partial charge in [-0.25, -0.2) is 0 Å². The molecule has 84 valence electrons. The van der Waals surface area contributed by atoms with E-state index in [4.69, 9.17) is 0 Å². The monoisotopic (exact) mass is 224 g/mol. The Balaban J connectivity index is 1.80. The quantitative estimate of drug-likeness (QED) is 0.770. The molecule has 2 nitrogen and oxygen atoms in total. The molecule has 15 heavy (non-hydrogen) atoms. The van der Waals surface area contributed by atoms with Gasteiger partial charge in [-0.1, -0.05) is 19.8 Å². The van der Waals surface area contributed by atoms with Gasteiger partial charge in [-0.15, -0.1) is 11.3 Å². The lowest BCUT2D eigenvalue weighted by atomic mass is 10.1. The molecule has 0 amide bonds. The highest BCUT2D eigenvalue weighted by Crippen LogP contribution is 2.34. The van der Waals surface area contributed by atoms with Gasteiger partial charge in [-0.2, -0.15) is 0 Å². The van der Waals surface area contributed by atoms with Gasteiger partial charge in [0.15, 0.2) is 0 Å². The van der Waals surface area contributed by atoms with E-state index in [1.807, 2.05) is 11.7 Å². The predicted molar refractivity (Wildman–Crippen MR) is 65.2 cm³/mol. The molecule has 0 radical (unpaired) electrons. The largest absolute Gasteiger partial charge is 0.314 e. The number of nitrogens with zero attached hydrogens (tertiary/aromatic N) is 1. The van der Waals surface area contributed by atoms with Crippen LogP contribution in [0.15, 0.2) is 11.7 Å². The summed E-state index contributed by atoms with van der Waals surface area (Å²) in [5.41, 5.74) is 1.93. The number of nitrogens with one attached hydrogen (secondary N) is 1. The molecule has 1 aromatic heterocycles. The number of rotatable bonds is 7. The summed E-state index contributed by atoms with van der Waals surface area (Å²) in [6.07, 6.45) is 8.67. The molecule has 1 aliphatic carbocycles. The van der Waals surface area contributed by atoms with Crippen LogP contribution in [-0.2, 0) is 6.42 Å². The van der Waals surface area contributed by atoms with Crippen LogP contribution in [0.2, 0.25) is 0 Å². The minimum absolute atomic E-state index is 0.679. The zero-order chi connectivity index (χ0) is 10.5. The highest BCUT2D eigenvalue weighted by atomic mass is 32.1. The Bertz CT molecular complexity index is 267. The molecule has 0 spiro atoms. The zero-order valence-electron chi connectivity index (χ0n) is 9.41. The average molecular weight is 224 g/mol. The molecule has 1 N–H and O–H groups in total. The summed E-state index contributed by atoms with van der Waals surface area (Å²) in [6, 6.07) is 0.679. The molecule has 2 rings (SSSR count). The molecule has 1 fully saturated rings. The number of hydrogen-bond donors (Lipinski definition) is 1. The maximum Gasteiger partial charge on any atom is 0.0794 e. The molecule has 1 saturated carbocycles. The van der Waals surface area contributed by atoms with Gasteiger partial charge in [0.1, 0.15) is 0 Å². The van der Waals surface area contributed by atoms with Crippen LogP contribution in [0.1, 0.15) is 37.5 Å². The van der Waals surface area contributed by atoms with E-state index < -0.39 is 0 Å².